The van der Waals surface area contributed by atoms with Gasteiger partial charge in [0.15, 0.2) is 0 Å². The Morgan fingerprint density at radius 3 is 2.15 bits per heavy atom. The van der Waals surface area contributed by atoms with Gasteiger partial charge in [-0.2, -0.15) is 13.2 Å². The second-order valence-electron chi connectivity index (χ2n) is 5.78. The summed E-state index contributed by atoms with van der Waals surface area (Å²) in [5.41, 5.74) is 2.78. The van der Waals surface area contributed by atoms with Crippen LogP contribution in [-0.2, 0) is 12.8 Å². The Morgan fingerprint density at radius 1 is 0.846 bits per heavy atom. The van der Waals surface area contributed by atoms with Gasteiger partial charge in [0.2, 0.25) is 0 Å². The number of alkyl halides is 3. The molecule has 26 heavy (non-hydrogen) atoms. The van der Waals surface area contributed by atoms with Crippen molar-refractivity contribution in [2.75, 3.05) is 0 Å². The van der Waals surface area contributed by atoms with Crippen LogP contribution < -0.4 is 4.74 Å². The molecule has 0 saturated heterocycles. The van der Waals surface area contributed by atoms with Gasteiger partial charge in [0, 0.05) is 6.21 Å². The Morgan fingerprint density at radius 2 is 1.54 bits per heavy atom. The molecular formula is C21H16F3NO. The summed E-state index contributed by atoms with van der Waals surface area (Å²) in [5.74, 6) is 0.638. The van der Waals surface area contributed by atoms with Crippen molar-refractivity contribution in [2.45, 2.75) is 12.8 Å². The number of hydrogen-bond acceptors (Lipinski definition) is 2. The van der Waals surface area contributed by atoms with Crippen LogP contribution in [0.2, 0.25) is 0 Å². The number of rotatable bonds is 5. The molecule has 2 nitrogen and oxygen atoms in total. The third kappa shape index (κ3) is 4.30. The Kier molecular flexibility index (Phi) is 5.07. The van der Waals surface area contributed by atoms with Gasteiger partial charge in [-0.25, -0.2) is 0 Å². The van der Waals surface area contributed by atoms with Gasteiger partial charge in [0.1, 0.15) is 12.4 Å². The number of hydrogen-bond donors (Lipinski definition) is 1. The molecule has 0 atom stereocenters. The van der Waals surface area contributed by atoms with Gasteiger partial charge in [0.25, 0.3) is 0 Å². The van der Waals surface area contributed by atoms with Gasteiger partial charge in [0.05, 0.1) is 5.56 Å². The Hall–Kier alpha value is -3.08. The van der Waals surface area contributed by atoms with E-state index >= 15 is 0 Å². The van der Waals surface area contributed by atoms with Crippen molar-refractivity contribution in [3.63, 3.8) is 0 Å². The molecule has 0 unspecified atom stereocenters. The lowest BCUT2D eigenvalue weighted by atomic mass is 10.0. The van der Waals surface area contributed by atoms with Gasteiger partial charge in [-0.15, -0.1) is 0 Å². The molecule has 0 amide bonds. The molecular weight excluding hydrogens is 339 g/mol. The molecule has 0 aliphatic carbocycles. The van der Waals surface area contributed by atoms with Crippen LogP contribution >= 0.6 is 0 Å². The van der Waals surface area contributed by atoms with Crippen LogP contribution in [0.5, 0.6) is 5.75 Å². The lowest BCUT2D eigenvalue weighted by molar-refractivity contribution is -0.137. The summed E-state index contributed by atoms with van der Waals surface area (Å²) in [7, 11) is 0. The summed E-state index contributed by atoms with van der Waals surface area (Å²) in [4.78, 5) is 0. The summed E-state index contributed by atoms with van der Waals surface area (Å²) < 4.78 is 43.4. The summed E-state index contributed by atoms with van der Waals surface area (Å²) in [5, 5.41) is 7.23. The predicted octanol–water partition coefficient (Wildman–Crippen LogP) is 5.95. The minimum Gasteiger partial charge on any atom is -0.489 e. The molecule has 3 aromatic rings. The van der Waals surface area contributed by atoms with Crippen molar-refractivity contribution in [2.24, 2.45) is 0 Å². The van der Waals surface area contributed by atoms with Gasteiger partial charge in [-0.3, -0.25) is 0 Å². The molecule has 0 bridgehead atoms. The van der Waals surface area contributed by atoms with E-state index in [2.05, 4.69) is 0 Å². The summed E-state index contributed by atoms with van der Waals surface area (Å²) in [6, 6.07) is 20.0. The topological polar surface area (TPSA) is 33.1 Å². The van der Waals surface area contributed by atoms with Gasteiger partial charge in [-0.1, -0.05) is 48.5 Å². The Bertz CT molecular complexity index is 884. The molecule has 0 fully saturated rings. The average molecular weight is 355 g/mol. The minimum atomic E-state index is -4.33. The molecule has 0 saturated carbocycles. The zero-order chi connectivity index (χ0) is 18.6. The Labute approximate surface area is 149 Å². The summed E-state index contributed by atoms with van der Waals surface area (Å²) >= 11 is 0. The van der Waals surface area contributed by atoms with Crippen molar-refractivity contribution >= 4 is 6.21 Å². The van der Waals surface area contributed by atoms with E-state index in [1.807, 2.05) is 42.5 Å². The van der Waals surface area contributed by atoms with Crippen molar-refractivity contribution in [1.82, 2.24) is 0 Å². The molecule has 0 aliphatic heterocycles. The third-order valence-electron chi connectivity index (χ3n) is 3.93. The van der Waals surface area contributed by atoms with E-state index in [9.17, 15) is 13.2 Å². The smallest absolute Gasteiger partial charge is 0.416 e. The second-order valence-corrected chi connectivity index (χ2v) is 5.78. The van der Waals surface area contributed by atoms with Gasteiger partial charge in [-0.05, 0) is 46.5 Å². The van der Waals surface area contributed by atoms with E-state index in [1.165, 1.54) is 18.3 Å². The maximum atomic E-state index is 12.6. The molecule has 3 aromatic carbocycles. The van der Waals surface area contributed by atoms with Crippen LogP contribution in [0.3, 0.4) is 0 Å². The molecule has 0 aromatic heterocycles. The fourth-order valence-electron chi connectivity index (χ4n) is 2.49. The molecule has 0 heterocycles. The van der Waals surface area contributed by atoms with E-state index in [0.717, 1.165) is 28.8 Å². The Balaban J connectivity index is 1.69. The van der Waals surface area contributed by atoms with Crippen LogP contribution in [-0.4, -0.2) is 6.21 Å². The van der Waals surface area contributed by atoms with Crippen molar-refractivity contribution < 1.29 is 17.9 Å². The predicted molar refractivity (Wildman–Crippen MR) is 95.5 cm³/mol. The molecule has 0 radical (unpaired) electrons. The van der Waals surface area contributed by atoms with Gasteiger partial charge >= 0.3 is 6.18 Å². The highest BCUT2D eigenvalue weighted by atomic mass is 19.4. The van der Waals surface area contributed by atoms with Crippen LogP contribution in [0.25, 0.3) is 11.1 Å². The summed E-state index contributed by atoms with van der Waals surface area (Å²) in [6.45, 7) is 0.189. The number of nitrogens with one attached hydrogen (secondary N) is 1. The first-order valence-corrected chi connectivity index (χ1v) is 7.95. The fraction of sp³-hybridized carbons (Fsp3) is 0.0952. The second kappa shape index (κ2) is 7.44. The first kappa shape index (κ1) is 17.7. The van der Waals surface area contributed by atoms with Crippen LogP contribution in [0.4, 0.5) is 13.2 Å². The van der Waals surface area contributed by atoms with Crippen LogP contribution in [0.15, 0.2) is 72.8 Å². The third-order valence-corrected chi connectivity index (χ3v) is 3.93. The van der Waals surface area contributed by atoms with Crippen molar-refractivity contribution in [3.8, 4) is 16.9 Å². The first-order valence-electron chi connectivity index (χ1n) is 7.95. The largest absolute Gasteiger partial charge is 0.489 e. The lowest BCUT2D eigenvalue weighted by Crippen LogP contribution is -2.05. The SMILES string of the molecule is N=Cc1ccc(-c2cccc(OCc3ccc(C(F)(F)F)cc3)c2)cc1. The van der Waals surface area contributed by atoms with Crippen molar-refractivity contribution in [1.29, 1.82) is 5.41 Å². The number of benzene rings is 3. The first-order chi connectivity index (χ1) is 12.5. The van der Waals surface area contributed by atoms with E-state index < -0.39 is 11.7 Å². The van der Waals surface area contributed by atoms with E-state index in [0.29, 0.717) is 11.3 Å². The standard InChI is InChI=1S/C21H16F3NO/c22-21(23,24)19-10-6-16(7-11-19)14-26-20-3-1-2-18(12-20)17-8-4-15(13-25)5-9-17/h1-13,25H,14H2. The van der Waals surface area contributed by atoms with E-state index in [1.54, 1.807) is 6.07 Å². The monoisotopic (exact) mass is 355 g/mol. The highest BCUT2D eigenvalue weighted by molar-refractivity contribution is 5.78. The number of ether oxygens (including phenoxy) is 1. The molecule has 5 heteroatoms. The fourth-order valence-corrected chi connectivity index (χ4v) is 2.49. The maximum Gasteiger partial charge on any atom is 0.416 e. The van der Waals surface area contributed by atoms with Gasteiger partial charge < -0.3 is 10.1 Å². The summed E-state index contributed by atoms with van der Waals surface area (Å²) in [6.07, 6.45) is -3.05. The van der Waals surface area contributed by atoms with Crippen LogP contribution in [0, 0.1) is 5.41 Å². The number of halogens is 3. The van der Waals surface area contributed by atoms with Crippen LogP contribution in [0.1, 0.15) is 16.7 Å². The normalized spacial score (nSPS) is 11.2. The molecule has 132 valence electrons. The lowest BCUT2D eigenvalue weighted by Gasteiger charge is -2.10. The molecule has 0 spiro atoms. The average Bonchev–Trinajstić information content (AvgIpc) is 2.66. The minimum absolute atomic E-state index is 0.189. The quantitative estimate of drug-likeness (QED) is 0.564. The molecule has 3 rings (SSSR count). The van der Waals surface area contributed by atoms with Crippen molar-refractivity contribution in [3.05, 3.63) is 89.5 Å². The molecule has 0 aliphatic rings. The zero-order valence-corrected chi connectivity index (χ0v) is 13.8. The zero-order valence-electron chi connectivity index (χ0n) is 13.8. The van der Waals surface area contributed by atoms with E-state index in [4.69, 9.17) is 10.1 Å². The molecule has 1 N–H and O–H groups in total. The van der Waals surface area contributed by atoms with E-state index in [-0.39, 0.29) is 6.61 Å². The maximum absolute atomic E-state index is 12.6. The highest BCUT2D eigenvalue weighted by Crippen LogP contribution is 2.29. The highest BCUT2D eigenvalue weighted by Gasteiger charge is 2.29.